The molecule has 0 unspecified atom stereocenters. The molecule has 0 spiro atoms. The van der Waals surface area contributed by atoms with Crippen molar-refractivity contribution in [2.24, 2.45) is 0 Å². The Morgan fingerprint density at radius 3 is 2.18 bits per heavy atom. The molecule has 5 heteroatoms. The minimum absolute atomic E-state index is 0.132. The first-order chi connectivity index (χ1) is 13.1. The number of rotatable bonds is 6. The molecular weight excluding hydrogens is 372 g/mol. The number of carbonyl (C=O) groups excluding carboxylic acids is 2. The van der Waals surface area contributed by atoms with Crippen LogP contribution in [0.2, 0.25) is 5.02 Å². The van der Waals surface area contributed by atoms with Crippen molar-refractivity contribution in [3.63, 3.8) is 0 Å². The Morgan fingerprint density at radius 2 is 1.61 bits per heavy atom. The first-order valence-electron chi connectivity index (χ1n) is 9.48. The topological polar surface area (TPSA) is 49.4 Å². The van der Waals surface area contributed by atoms with E-state index in [2.05, 4.69) is 5.32 Å². The summed E-state index contributed by atoms with van der Waals surface area (Å²) in [5.41, 5.74) is 2.49. The summed E-state index contributed by atoms with van der Waals surface area (Å²) in [5, 5.41) is 3.53. The van der Waals surface area contributed by atoms with Crippen molar-refractivity contribution in [2.75, 3.05) is 0 Å². The van der Waals surface area contributed by atoms with Crippen molar-refractivity contribution in [2.45, 2.75) is 59.2 Å². The molecule has 0 saturated carbocycles. The maximum atomic E-state index is 13.2. The van der Waals surface area contributed by atoms with Crippen molar-refractivity contribution in [1.82, 2.24) is 10.2 Å². The summed E-state index contributed by atoms with van der Waals surface area (Å²) in [6, 6.07) is 14.6. The van der Waals surface area contributed by atoms with Crippen LogP contribution in [-0.2, 0) is 22.6 Å². The van der Waals surface area contributed by atoms with E-state index in [0.717, 1.165) is 16.7 Å². The lowest BCUT2D eigenvalue weighted by Crippen LogP contribution is -2.52. The SMILES string of the molecule is Cc1ccccc1CN(C(=O)Cc1ccccc1Cl)[C@H](C)C(=O)NC(C)(C)C. The smallest absolute Gasteiger partial charge is 0.242 e. The highest BCUT2D eigenvalue weighted by Crippen LogP contribution is 2.19. The van der Waals surface area contributed by atoms with Gasteiger partial charge < -0.3 is 10.2 Å². The van der Waals surface area contributed by atoms with Crippen LogP contribution in [0.4, 0.5) is 0 Å². The molecule has 0 saturated heterocycles. The summed E-state index contributed by atoms with van der Waals surface area (Å²) in [5.74, 6) is -0.304. The molecule has 2 rings (SSSR count). The third-order valence-corrected chi connectivity index (χ3v) is 4.94. The zero-order chi connectivity index (χ0) is 20.9. The van der Waals surface area contributed by atoms with Gasteiger partial charge in [-0.1, -0.05) is 54.1 Å². The Balaban J connectivity index is 2.29. The second-order valence-corrected chi connectivity index (χ2v) is 8.54. The predicted molar refractivity (Wildman–Crippen MR) is 114 cm³/mol. The van der Waals surface area contributed by atoms with E-state index in [1.165, 1.54) is 0 Å². The molecule has 28 heavy (non-hydrogen) atoms. The quantitative estimate of drug-likeness (QED) is 0.774. The van der Waals surface area contributed by atoms with Crippen LogP contribution in [0.1, 0.15) is 44.4 Å². The number of amides is 2. The van der Waals surface area contributed by atoms with E-state index in [-0.39, 0.29) is 23.8 Å². The van der Waals surface area contributed by atoms with Crippen LogP contribution in [0.15, 0.2) is 48.5 Å². The molecule has 2 aromatic rings. The van der Waals surface area contributed by atoms with Gasteiger partial charge in [-0.05, 0) is 57.4 Å². The molecule has 4 nitrogen and oxygen atoms in total. The van der Waals surface area contributed by atoms with Gasteiger partial charge in [-0.15, -0.1) is 0 Å². The number of carbonyl (C=O) groups is 2. The van der Waals surface area contributed by atoms with Crippen LogP contribution >= 0.6 is 11.6 Å². The van der Waals surface area contributed by atoms with Gasteiger partial charge in [0.1, 0.15) is 6.04 Å². The maximum absolute atomic E-state index is 13.2. The van der Waals surface area contributed by atoms with Gasteiger partial charge in [-0.2, -0.15) is 0 Å². The van der Waals surface area contributed by atoms with Crippen LogP contribution < -0.4 is 5.32 Å². The van der Waals surface area contributed by atoms with Crippen LogP contribution in [0.3, 0.4) is 0 Å². The van der Waals surface area contributed by atoms with Gasteiger partial charge in [0.25, 0.3) is 0 Å². The largest absolute Gasteiger partial charge is 0.350 e. The molecule has 2 amide bonds. The van der Waals surface area contributed by atoms with E-state index in [1.54, 1.807) is 17.9 Å². The predicted octanol–water partition coefficient (Wildman–Crippen LogP) is 4.52. The second kappa shape index (κ2) is 9.24. The first-order valence-corrected chi connectivity index (χ1v) is 9.85. The molecule has 0 heterocycles. The Bertz CT molecular complexity index is 842. The summed E-state index contributed by atoms with van der Waals surface area (Å²) < 4.78 is 0. The van der Waals surface area contributed by atoms with E-state index in [1.807, 2.05) is 70.2 Å². The zero-order valence-electron chi connectivity index (χ0n) is 17.3. The number of benzene rings is 2. The fourth-order valence-electron chi connectivity index (χ4n) is 2.93. The molecule has 0 aliphatic carbocycles. The highest BCUT2D eigenvalue weighted by Gasteiger charge is 2.28. The summed E-state index contributed by atoms with van der Waals surface area (Å²) in [7, 11) is 0. The molecule has 0 bridgehead atoms. The van der Waals surface area contributed by atoms with Crippen molar-refractivity contribution >= 4 is 23.4 Å². The summed E-state index contributed by atoms with van der Waals surface area (Å²) in [6.45, 7) is 9.92. The van der Waals surface area contributed by atoms with Gasteiger partial charge in [0.2, 0.25) is 11.8 Å². The van der Waals surface area contributed by atoms with Crippen molar-refractivity contribution in [1.29, 1.82) is 0 Å². The normalized spacial score (nSPS) is 12.4. The average molecular weight is 401 g/mol. The third-order valence-electron chi connectivity index (χ3n) is 4.57. The minimum Gasteiger partial charge on any atom is -0.350 e. The number of nitrogens with zero attached hydrogens (tertiary/aromatic N) is 1. The van der Waals surface area contributed by atoms with E-state index in [9.17, 15) is 9.59 Å². The highest BCUT2D eigenvalue weighted by molar-refractivity contribution is 6.31. The second-order valence-electron chi connectivity index (χ2n) is 8.13. The Morgan fingerprint density at radius 1 is 1.04 bits per heavy atom. The van der Waals surface area contributed by atoms with Crippen molar-refractivity contribution in [3.05, 3.63) is 70.2 Å². The van der Waals surface area contributed by atoms with Crippen molar-refractivity contribution in [3.8, 4) is 0 Å². The number of hydrogen-bond acceptors (Lipinski definition) is 2. The van der Waals surface area contributed by atoms with Crippen LogP contribution in [-0.4, -0.2) is 28.3 Å². The van der Waals surface area contributed by atoms with E-state index in [4.69, 9.17) is 11.6 Å². The first kappa shape index (κ1) is 22.0. The van der Waals surface area contributed by atoms with Crippen LogP contribution in [0, 0.1) is 6.92 Å². The van der Waals surface area contributed by atoms with Gasteiger partial charge in [0.15, 0.2) is 0 Å². The number of hydrogen-bond donors (Lipinski definition) is 1. The van der Waals surface area contributed by atoms with Gasteiger partial charge in [0, 0.05) is 17.1 Å². The lowest BCUT2D eigenvalue weighted by Gasteiger charge is -2.32. The molecule has 0 radical (unpaired) electrons. The van der Waals surface area contributed by atoms with E-state index < -0.39 is 6.04 Å². The zero-order valence-corrected chi connectivity index (χ0v) is 18.0. The summed E-state index contributed by atoms with van der Waals surface area (Å²) in [6.07, 6.45) is 0.151. The minimum atomic E-state index is -0.603. The third kappa shape index (κ3) is 6.10. The van der Waals surface area contributed by atoms with Crippen LogP contribution in [0.25, 0.3) is 0 Å². The Hall–Kier alpha value is -2.33. The molecule has 1 atom stereocenters. The van der Waals surface area contributed by atoms with Gasteiger partial charge in [0.05, 0.1) is 6.42 Å². The monoisotopic (exact) mass is 400 g/mol. The number of halogens is 1. The van der Waals surface area contributed by atoms with E-state index >= 15 is 0 Å². The average Bonchev–Trinajstić information content (AvgIpc) is 2.61. The molecule has 0 aromatic heterocycles. The molecule has 0 fully saturated rings. The van der Waals surface area contributed by atoms with Crippen molar-refractivity contribution < 1.29 is 9.59 Å². The molecule has 150 valence electrons. The number of nitrogens with one attached hydrogen (secondary N) is 1. The maximum Gasteiger partial charge on any atom is 0.242 e. The standard InChI is InChI=1S/C23H29ClN2O2/c1-16-10-6-7-12-19(16)15-26(17(2)22(28)25-23(3,4)5)21(27)14-18-11-8-9-13-20(18)24/h6-13,17H,14-15H2,1-5H3,(H,25,28)/t17-/m1/s1. The van der Waals surface area contributed by atoms with Gasteiger partial charge in [-0.25, -0.2) is 0 Å². The fraction of sp³-hybridized carbons (Fsp3) is 0.391. The van der Waals surface area contributed by atoms with Gasteiger partial charge in [-0.3, -0.25) is 9.59 Å². The van der Waals surface area contributed by atoms with Crippen LogP contribution in [0.5, 0.6) is 0 Å². The van der Waals surface area contributed by atoms with Gasteiger partial charge >= 0.3 is 0 Å². The van der Waals surface area contributed by atoms with E-state index in [0.29, 0.717) is 11.6 Å². The molecule has 0 aliphatic rings. The molecule has 2 aromatic carbocycles. The summed E-state index contributed by atoms with van der Waals surface area (Å²) >= 11 is 6.24. The number of aryl methyl sites for hydroxylation is 1. The fourth-order valence-corrected chi connectivity index (χ4v) is 3.14. The highest BCUT2D eigenvalue weighted by atomic mass is 35.5. The Kier molecular flexibility index (Phi) is 7.25. The molecular formula is C23H29ClN2O2. The molecule has 0 aliphatic heterocycles. The Labute approximate surface area is 172 Å². The lowest BCUT2D eigenvalue weighted by atomic mass is 10.0. The molecule has 1 N–H and O–H groups in total. The lowest BCUT2D eigenvalue weighted by molar-refractivity contribution is -0.140. The summed E-state index contributed by atoms with van der Waals surface area (Å²) in [4.78, 5) is 27.6.